The highest BCUT2D eigenvalue weighted by atomic mass is 16.3. The zero-order valence-electron chi connectivity index (χ0n) is 25.8. The van der Waals surface area contributed by atoms with Crippen LogP contribution in [-0.4, -0.2) is 15.0 Å². The molecule has 0 spiro atoms. The van der Waals surface area contributed by atoms with Crippen LogP contribution in [0.5, 0.6) is 0 Å². The van der Waals surface area contributed by atoms with Crippen molar-refractivity contribution in [2.75, 3.05) is 0 Å². The quantitative estimate of drug-likeness (QED) is 0.146. The van der Waals surface area contributed by atoms with Gasteiger partial charge in [0.2, 0.25) is 0 Å². The van der Waals surface area contributed by atoms with Gasteiger partial charge in [0.15, 0.2) is 5.42 Å². The fraction of sp³-hybridized carbons (Fsp3) is 0.0233. The SMILES string of the molecule is C=c1c(=C=C(N=C(C)n2c3ccccc3c3ccccc32)c2ccccc2)oc2c1ccc1c2c2ccccc2n1-c1ccccc1. The van der Waals surface area contributed by atoms with Gasteiger partial charge in [0.25, 0.3) is 0 Å². The molecular formula is C43H29N3O. The molecule has 0 aliphatic rings. The molecule has 0 unspecified atom stereocenters. The maximum Gasteiger partial charge on any atom is 0.179 e. The molecule has 4 heteroatoms. The van der Waals surface area contributed by atoms with Gasteiger partial charge in [-0.25, -0.2) is 4.99 Å². The van der Waals surface area contributed by atoms with Gasteiger partial charge in [0.1, 0.15) is 17.1 Å². The Morgan fingerprint density at radius 3 is 1.85 bits per heavy atom. The predicted octanol–water partition coefficient (Wildman–Crippen LogP) is 9.44. The zero-order valence-corrected chi connectivity index (χ0v) is 25.8. The lowest BCUT2D eigenvalue weighted by Gasteiger charge is -2.08. The van der Waals surface area contributed by atoms with Crippen LogP contribution in [0.25, 0.3) is 78.3 Å². The second kappa shape index (κ2) is 10.6. The Labute approximate surface area is 270 Å². The number of rotatable bonds is 3. The van der Waals surface area contributed by atoms with Crippen LogP contribution in [0.1, 0.15) is 12.5 Å². The number of benzene rings is 6. The number of furan rings is 1. The summed E-state index contributed by atoms with van der Waals surface area (Å²) in [5.41, 5.74) is 12.1. The Morgan fingerprint density at radius 2 is 1.17 bits per heavy atom. The largest absolute Gasteiger partial charge is 0.447 e. The number of fused-ring (bicyclic) bond motifs is 8. The molecule has 4 nitrogen and oxygen atoms in total. The molecule has 9 aromatic rings. The number of hydrogen-bond acceptors (Lipinski definition) is 2. The van der Waals surface area contributed by atoms with Crippen LogP contribution in [0.2, 0.25) is 0 Å². The molecule has 3 aromatic heterocycles. The van der Waals surface area contributed by atoms with Gasteiger partial charge in [-0.2, -0.15) is 0 Å². The van der Waals surface area contributed by atoms with Crippen molar-refractivity contribution >= 4 is 78.4 Å². The minimum Gasteiger partial charge on any atom is -0.447 e. The zero-order chi connectivity index (χ0) is 31.5. The highest BCUT2D eigenvalue weighted by molar-refractivity contribution is 6.19. The number of para-hydroxylation sites is 4. The fourth-order valence-electron chi connectivity index (χ4n) is 6.97. The summed E-state index contributed by atoms with van der Waals surface area (Å²) in [5.74, 6) is 0.837. The van der Waals surface area contributed by atoms with E-state index in [0.29, 0.717) is 11.1 Å². The average Bonchev–Trinajstić information content (AvgIpc) is 3.76. The van der Waals surface area contributed by atoms with E-state index in [1.165, 1.54) is 10.8 Å². The topological polar surface area (TPSA) is 35.4 Å². The molecule has 0 radical (unpaired) electrons. The molecular weight excluding hydrogens is 574 g/mol. The lowest BCUT2D eigenvalue weighted by Crippen LogP contribution is -2.16. The molecule has 222 valence electrons. The van der Waals surface area contributed by atoms with Crippen molar-refractivity contribution < 1.29 is 4.42 Å². The van der Waals surface area contributed by atoms with E-state index in [1.54, 1.807) is 0 Å². The summed E-state index contributed by atoms with van der Waals surface area (Å²) in [6.45, 7) is 6.54. The summed E-state index contributed by atoms with van der Waals surface area (Å²) in [5, 5.41) is 6.34. The fourth-order valence-corrected chi connectivity index (χ4v) is 6.97. The van der Waals surface area contributed by atoms with E-state index in [-0.39, 0.29) is 0 Å². The van der Waals surface area contributed by atoms with Crippen LogP contribution in [0.4, 0.5) is 0 Å². The van der Waals surface area contributed by atoms with Crippen LogP contribution in [0.15, 0.2) is 155 Å². The average molecular weight is 604 g/mol. The number of hydrogen-bond donors (Lipinski definition) is 0. The molecule has 0 bridgehead atoms. The molecule has 0 saturated heterocycles. The van der Waals surface area contributed by atoms with E-state index in [4.69, 9.17) is 9.41 Å². The Bertz CT molecular complexity index is 2790. The Kier molecular flexibility index (Phi) is 6.11. The van der Waals surface area contributed by atoms with Crippen LogP contribution < -0.4 is 10.6 Å². The Morgan fingerprint density at radius 1 is 0.596 bits per heavy atom. The predicted molar refractivity (Wildman–Crippen MR) is 197 cm³/mol. The van der Waals surface area contributed by atoms with Crippen LogP contribution in [-0.2, 0) is 0 Å². The van der Waals surface area contributed by atoms with Gasteiger partial charge in [-0.1, -0.05) is 110 Å². The first kappa shape index (κ1) is 27.0. The summed E-state index contributed by atoms with van der Waals surface area (Å²) >= 11 is 0. The number of aromatic nitrogens is 2. The van der Waals surface area contributed by atoms with Gasteiger partial charge in [0, 0.05) is 38.0 Å². The van der Waals surface area contributed by atoms with Crippen molar-refractivity contribution in [1.29, 1.82) is 0 Å². The molecule has 6 aromatic carbocycles. The molecule has 47 heavy (non-hydrogen) atoms. The first-order chi connectivity index (χ1) is 23.2. The van der Waals surface area contributed by atoms with Crippen LogP contribution in [0, 0.1) is 0 Å². The second-order valence-electron chi connectivity index (χ2n) is 11.8. The van der Waals surface area contributed by atoms with Crippen LogP contribution in [0.3, 0.4) is 0 Å². The maximum atomic E-state index is 6.75. The van der Waals surface area contributed by atoms with E-state index < -0.39 is 0 Å². The minimum atomic E-state index is 0.571. The Balaban J connectivity index is 1.35. The Hall–Kier alpha value is -6.35. The lowest BCUT2D eigenvalue weighted by atomic mass is 10.1. The summed E-state index contributed by atoms with van der Waals surface area (Å²) in [6, 6.07) is 50.3. The van der Waals surface area contributed by atoms with E-state index in [2.05, 4.69) is 150 Å². The van der Waals surface area contributed by atoms with Crippen molar-refractivity contribution in [3.8, 4) is 5.69 Å². The standard InChI is InChI=1S/C43H29N3O/c1-28-32-25-26-40-42(35-21-11-14-24-39(35)46(40)31-17-7-4-8-18-31)43(32)47-41(28)27-36(30-15-5-3-6-16-30)44-29(2)45-37-22-12-9-19-33(37)34-20-10-13-23-38(34)45/h3-26H,1H2,2H3. The first-order valence-corrected chi connectivity index (χ1v) is 15.8. The normalized spacial score (nSPS) is 12.1. The number of nitrogens with zero attached hydrogens (tertiary/aromatic N) is 3. The van der Waals surface area contributed by atoms with Crippen molar-refractivity contribution in [1.82, 2.24) is 9.13 Å². The van der Waals surface area contributed by atoms with Crippen molar-refractivity contribution in [3.05, 3.63) is 162 Å². The van der Waals surface area contributed by atoms with E-state index in [1.807, 2.05) is 24.3 Å². The molecule has 0 aliphatic heterocycles. The van der Waals surface area contributed by atoms with Gasteiger partial charge in [0.05, 0.1) is 27.5 Å². The molecule has 0 N–H and O–H groups in total. The third-order valence-corrected chi connectivity index (χ3v) is 9.07. The summed E-state index contributed by atoms with van der Waals surface area (Å²) in [6.07, 6.45) is 0. The van der Waals surface area contributed by atoms with Gasteiger partial charge >= 0.3 is 0 Å². The first-order valence-electron chi connectivity index (χ1n) is 15.8. The molecule has 0 fully saturated rings. The van der Waals surface area contributed by atoms with Crippen LogP contribution >= 0.6 is 0 Å². The third-order valence-electron chi connectivity index (χ3n) is 9.07. The van der Waals surface area contributed by atoms with Gasteiger partial charge in [-0.05, 0) is 55.1 Å². The van der Waals surface area contributed by atoms with E-state index in [9.17, 15) is 0 Å². The second-order valence-corrected chi connectivity index (χ2v) is 11.8. The van der Waals surface area contributed by atoms with E-state index >= 15 is 0 Å². The van der Waals surface area contributed by atoms with Crippen molar-refractivity contribution in [2.24, 2.45) is 4.99 Å². The third kappa shape index (κ3) is 4.20. The molecule has 0 saturated carbocycles. The molecule has 0 amide bonds. The van der Waals surface area contributed by atoms with Gasteiger partial charge < -0.3 is 8.98 Å². The highest BCUT2D eigenvalue weighted by Crippen LogP contribution is 2.36. The maximum absolute atomic E-state index is 6.75. The summed E-state index contributed by atoms with van der Waals surface area (Å²) < 4.78 is 11.3. The minimum absolute atomic E-state index is 0.571. The monoisotopic (exact) mass is 603 g/mol. The molecule has 0 aliphatic carbocycles. The van der Waals surface area contributed by atoms with Crippen molar-refractivity contribution in [3.63, 3.8) is 0 Å². The summed E-state index contributed by atoms with van der Waals surface area (Å²) in [4.78, 5) is 5.25. The number of aliphatic imine (C=N–C) groups is 1. The summed E-state index contributed by atoms with van der Waals surface area (Å²) in [7, 11) is 0. The smallest absolute Gasteiger partial charge is 0.179 e. The molecule has 0 atom stereocenters. The van der Waals surface area contributed by atoms with Gasteiger partial charge in [-0.15, -0.1) is 0 Å². The molecule has 3 heterocycles. The van der Waals surface area contributed by atoms with Crippen molar-refractivity contribution in [2.45, 2.75) is 6.92 Å². The highest BCUT2D eigenvalue weighted by Gasteiger charge is 2.18. The van der Waals surface area contributed by atoms with Gasteiger partial charge in [-0.3, -0.25) is 4.57 Å². The lowest BCUT2D eigenvalue weighted by molar-refractivity contribution is 0.580. The molecule has 9 rings (SSSR count). The van der Waals surface area contributed by atoms with E-state index in [0.717, 1.165) is 66.1 Å².